The molecule has 1 amide bonds. The van der Waals surface area contributed by atoms with Gasteiger partial charge in [-0.25, -0.2) is 4.39 Å². The fourth-order valence-corrected chi connectivity index (χ4v) is 1.68. The molecule has 1 aromatic rings. The fourth-order valence-electron chi connectivity index (χ4n) is 1.40. The number of ketones is 1. The fraction of sp³-hybridized carbons (Fsp3) is 0.333. The Morgan fingerprint density at radius 3 is 2.53 bits per heavy atom. The van der Waals surface area contributed by atoms with E-state index in [0.29, 0.717) is 16.1 Å². The topological polar surface area (TPSA) is 37.4 Å². The molecule has 0 spiro atoms. The summed E-state index contributed by atoms with van der Waals surface area (Å²) in [4.78, 5) is 23.4. The monoisotopic (exact) mass is 257 g/mol. The molecule has 0 radical (unpaired) electrons. The van der Waals surface area contributed by atoms with E-state index in [9.17, 15) is 14.0 Å². The Bertz CT molecular complexity index is 474. The van der Waals surface area contributed by atoms with Gasteiger partial charge in [-0.1, -0.05) is 11.6 Å². The number of amides is 1. The molecule has 0 aliphatic carbocycles. The molecule has 0 fully saturated rings. The highest BCUT2D eigenvalue weighted by molar-refractivity contribution is 6.35. The number of halogens is 2. The number of hydrogen-bond donors (Lipinski definition) is 0. The van der Waals surface area contributed by atoms with Crippen LogP contribution in [0.4, 0.5) is 4.39 Å². The van der Waals surface area contributed by atoms with Crippen LogP contribution >= 0.6 is 11.6 Å². The first-order valence-corrected chi connectivity index (χ1v) is 5.41. The highest BCUT2D eigenvalue weighted by Gasteiger charge is 2.16. The van der Waals surface area contributed by atoms with Gasteiger partial charge in [0.2, 0.25) is 5.78 Å². The number of rotatable bonds is 3. The molecule has 1 aromatic carbocycles. The SMILES string of the molecule is CC(=O)C(=O)N(C)Cc1cc(F)c(C)cc1Cl. The van der Waals surface area contributed by atoms with Gasteiger partial charge in [0, 0.05) is 25.5 Å². The molecule has 0 N–H and O–H groups in total. The minimum absolute atomic E-state index is 0.106. The van der Waals surface area contributed by atoms with Crippen molar-refractivity contribution in [2.45, 2.75) is 20.4 Å². The minimum Gasteiger partial charge on any atom is -0.335 e. The van der Waals surface area contributed by atoms with Crippen LogP contribution in [0.1, 0.15) is 18.1 Å². The Kier molecular flexibility index (Phi) is 4.23. The zero-order chi connectivity index (χ0) is 13.2. The van der Waals surface area contributed by atoms with Gasteiger partial charge >= 0.3 is 0 Å². The number of carbonyl (C=O) groups is 2. The normalized spacial score (nSPS) is 10.2. The van der Waals surface area contributed by atoms with Crippen molar-refractivity contribution in [3.05, 3.63) is 34.1 Å². The molecule has 0 unspecified atom stereocenters. The summed E-state index contributed by atoms with van der Waals surface area (Å²) in [5.74, 6) is -1.56. The summed E-state index contributed by atoms with van der Waals surface area (Å²) in [6.07, 6.45) is 0. The Morgan fingerprint density at radius 1 is 1.41 bits per heavy atom. The average Bonchev–Trinajstić information content (AvgIpc) is 2.24. The summed E-state index contributed by atoms with van der Waals surface area (Å²) in [7, 11) is 1.47. The van der Waals surface area contributed by atoms with Crippen molar-refractivity contribution in [1.29, 1.82) is 0 Å². The zero-order valence-corrected chi connectivity index (χ0v) is 10.6. The van der Waals surface area contributed by atoms with Crippen LogP contribution in [0.3, 0.4) is 0 Å². The first kappa shape index (κ1) is 13.6. The third kappa shape index (κ3) is 3.27. The Balaban J connectivity index is 2.92. The van der Waals surface area contributed by atoms with Crippen molar-refractivity contribution in [2.24, 2.45) is 0 Å². The van der Waals surface area contributed by atoms with E-state index >= 15 is 0 Å². The highest BCUT2D eigenvalue weighted by atomic mass is 35.5. The van der Waals surface area contributed by atoms with Gasteiger partial charge in [0.25, 0.3) is 5.91 Å². The Morgan fingerprint density at radius 2 is 2.00 bits per heavy atom. The van der Waals surface area contributed by atoms with Gasteiger partial charge in [-0.05, 0) is 30.2 Å². The first-order valence-electron chi connectivity index (χ1n) is 5.03. The maximum atomic E-state index is 13.3. The van der Waals surface area contributed by atoms with Gasteiger partial charge in [-0.2, -0.15) is 0 Å². The molecule has 17 heavy (non-hydrogen) atoms. The molecule has 0 aliphatic rings. The second-order valence-electron chi connectivity index (χ2n) is 3.91. The van der Waals surface area contributed by atoms with Crippen molar-refractivity contribution < 1.29 is 14.0 Å². The largest absolute Gasteiger partial charge is 0.335 e. The van der Waals surface area contributed by atoms with Crippen LogP contribution < -0.4 is 0 Å². The molecule has 0 aliphatic heterocycles. The third-order valence-electron chi connectivity index (χ3n) is 2.38. The second-order valence-corrected chi connectivity index (χ2v) is 4.32. The van der Waals surface area contributed by atoms with E-state index < -0.39 is 11.7 Å². The summed E-state index contributed by atoms with van der Waals surface area (Å²) in [5, 5.41) is 0.382. The van der Waals surface area contributed by atoms with E-state index in [1.165, 1.54) is 31.0 Å². The molecule has 3 nitrogen and oxygen atoms in total. The van der Waals surface area contributed by atoms with Crippen molar-refractivity contribution >= 4 is 23.3 Å². The molecule has 92 valence electrons. The predicted molar refractivity (Wildman–Crippen MR) is 63.3 cm³/mol. The lowest BCUT2D eigenvalue weighted by atomic mass is 10.1. The summed E-state index contributed by atoms with van der Waals surface area (Å²) >= 11 is 5.94. The number of hydrogen-bond acceptors (Lipinski definition) is 2. The maximum Gasteiger partial charge on any atom is 0.289 e. The summed E-state index contributed by atoms with van der Waals surface area (Å²) in [6, 6.07) is 2.78. The molecule has 5 heteroatoms. The van der Waals surface area contributed by atoms with Crippen LogP contribution in [0.25, 0.3) is 0 Å². The van der Waals surface area contributed by atoms with E-state index in [2.05, 4.69) is 0 Å². The Labute approximate surface area is 104 Å². The summed E-state index contributed by atoms with van der Waals surface area (Å²) < 4.78 is 13.3. The number of aryl methyl sites for hydroxylation is 1. The summed E-state index contributed by atoms with van der Waals surface area (Å²) in [5.41, 5.74) is 0.922. The minimum atomic E-state index is -0.623. The molecule has 0 bridgehead atoms. The number of Topliss-reactive ketones (excluding diaryl/α,β-unsaturated/α-hetero) is 1. The van der Waals surface area contributed by atoms with Crippen molar-refractivity contribution in [3.8, 4) is 0 Å². The average molecular weight is 258 g/mol. The van der Waals surface area contributed by atoms with Crippen LogP contribution in [-0.2, 0) is 16.1 Å². The van der Waals surface area contributed by atoms with Crippen molar-refractivity contribution in [2.75, 3.05) is 7.05 Å². The van der Waals surface area contributed by atoms with Crippen molar-refractivity contribution in [3.63, 3.8) is 0 Å². The molecule has 0 aromatic heterocycles. The third-order valence-corrected chi connectivity index (χ3v) is 2.73. The van der Waals surface area contributed by atoms with Crippen LogP contribution in [0.15, 0.2) is 12.1 Å². The van der Waals surface area contributed by atoms with Crippen LogP contribution in [-0.4, -0.2) is 23.6 Å². The molecule has 0 saturated carbocycles. The lowest BCUT2D eigenvalue weighted by Gasteiger charge is -2.16. The van der Waals surface area contributed by atoms with Crippen LogP contribution in [0, 0.1) is 12.7 Å². The zero-order valence-electron chi connectivity index (χ0n) is 9.88. The maximum absolute atomic E-state index is 13.3. The molecule has 0 saturated heterocycles. The van der Waals surface area contributed by atoms with Gasteiger partial charge in [0.15, 0.2) is 0 Å². The molecular weight excluding hydrogens is 245 g/mol. The first-order chi connectivity index (χ1) is 7.82. The molecular formula is C12H13ClFNO2. The van der Waals surface area contributed by atoms with E-state index in [1.807, 2.05) is 0 Å². The van der Waals surface area contributed by atoms with Gasteiger partial charge in [-0.3, -0.25) is 9.59 Å². The standard InChI is InChI=1S/C12H13ClFNO2/c1-7-4-10(13)9(5-11(7)14)6-15(3)12(17)8(2)16/h4-5H,6H2,1-3H3. The van der Waals surface area contributed by atoms with Crippen LogP contribution in [0.5, 0.6) is 0 Å². The van der Waals surface area contributed by atoms with E-state index in [1.54, 1.807) is 6.92 Å². The number of nitrogens with zero attached hydrogens (tertiary/aromatic N) is 1. The molecule has 1 rings (SSSR count). The van der Waals surface area contributed by atoms with E-state index in [0.717, 1.165) is 0 Å². The highest BCUT2D eigenvalue weighted by Crippen LogP contribution is 2.21. The van der Waals surface area contributed by atoms with Gasteiger partial charge in [0.1, 0.15) is 5.82 Å². The van der Waals surface area contributed by atoms with Gasteiger partial charge < -0.3 is 4.90 Å². The second kappa shape index (κ2) is 5.27. The lowest BCUT2D eigenvalue weighted by Crippen LogP contribution is -2.31. The number of benzene rings is 1. The predicted octanol–water partition coefficient (Wildman–Crippen LogP) is 2.33. The quantitative estimate of drug-likeness (QED) is 0.780. The number of likely N-dealkylation sites (N-methyl/N-ethyl adjacent to an activating group) is 1. The van der Waals surface area contributed by atoms with Crippen molar-refractivity contribution in [1.82, 2.24) is 4.90 Å². The van der Waals surface area contributed by atoms with Crippen LogP contribution in [0.2, 0.25) is 5.02 Å². The molecule has 0 heterocycles. The Hall–Kier alpha value is -1.42. The van der Waals surface area contributed by atoms with Gasteiger partial charge in [-0.15, -0.1) is 0 Å². The number of carbonyl (C=O) groups excluding carboxylic acids is 2. The van der Waals surface area contributed by atoms with Gasteiger partial charge in [0.05, 0.1) is 0 Å². The van der Waals surface area contributed by atoms with E-state index in [-0.39, 0.29) is 12.4 Å². The molecule has 0 atom stereocenters. The lowest BCUT2D eigenvalue weighted by molar-refractivity contribution is -0.143. The summed E-state index contributed by atoms with van der Waals surface area (Å²) in [6.45, 7) is 2.90. The smallest absolute Gasteiger partial charge is 0.289 e. The van der Waals surface area contributed by atoms with E-state index in [4.69, 9.17) is 11.6 Å².